The van der Waals surface area contributed by atoms with Gasteiger partial charge in [-0.15, -0.1) is 6.58 Å². The fourth-order valence-electron chi connectivity index (χ4n) is 2.34. The third-order valence-corrected chi connectivity index (χ3v) is 3.28. The van der Waals surface area contributed by atoms with Gasteiger partial charge in [-0.2, -0.15) is 0 Å². The summed E-state index contributed by atoms with van der Waals surface area (Å²) < 4.78 is 0. The van der Waals surface area contributed by atoms with Crippen molar-refractivity contribution < 1.29 is 4.79 Å². The standard InChI is InChI=1S/C12H23N3O/c1-6-10-8-9-15(12(10)16)14(5)11(7-2)13(3)4/h6,10-11H,1,7-9H2,2-5H3. The summed E-state index contributed by atoms with van der Waals surface area (Å²) in [7, 11) is 6.06. The number of rotatable bonds is 5. The van der Waals surface area contributed by atoms with E-state index in [1.54, 1.807) is 6.08 Å². The maximum Gasteiger partial charge on any atom is 0.243 e. The van der Waals surface area contributed by atoms with Crippen LogP contribution in [0.2, 0.25) is 0 Å². The molecule has 1 aliphatic rings. The Labute approximate surface area is 98.5 Å². The van der Waals surface area contributed by atoms with E-state index in [0.717, 1.165) is 19.4 Å². The molecule has 0 aliphatic carbocycles. The van der Waals surface area contributed by atoms with Gasteiger partial charge >= 0.3 is 0 Å². The Hall–Kier alpha value is -0.870. The predicted octanol–water partition coefficient (Wildman–Crippen LogP) is 1.17. The van der Waals surface area contributed by atoms with Crippen molar-refractivity contribution in [3.05, 3.63) is 12.7 Å². The molecule has 0 bridgehead atoms. The topological polar surface area (TPSA) is 26.8 Å². The number of hydrogen-bond donors (Lipinski definition) is 0. The van der Waals surface area contributed by atoms with Crippen LogP contribution >= 0.6 is 0 Å². The molecule has 0 aromatic heterocycles. The van der Waals surface area contributed by atoms with Crippen LogP contribution in [0.5, 0.6) is 0 Å². The van der Waals surface area contributed by atoms with Crippen LogP contribution in [-0.4, -0.2) is 54.7 Å². The molecule has 0 aromatic carbocycles. The molecule has 1 aliphatic heterocycles. The molecule has 1 heterocycles. The van der Waals surface area contributed by atoms with Gasteiger partial charge in [0.25, 0.3) is 0 Å². The van der Waals surface area contributed by atoms with E-state index in [1.165, 1.54) is 0 Å². The van der Waals surface area contributed by atoms with Gasteiger partial charge in [-0.05, 0) is 26.9 Å². The normalized spacial score (nSPS) is 23.2. The molecule has 1 saturated heterocycles. The van der Waals surface area contributed by atoms with Gasteiger partial charge in [0.1, 0.15) is 0 Å². The second kappa shape index (κ2) is 5.46. The molecule has 0 N–H and O–H groups in total. The largest absolute Gasteiger partial charge is 0.293 e. The van der Waals surface area contributed by atoms with Crippen molar-refractivity contribution in [2.24, 2.45) is 5.92 Å². The molecule has 4 nitrogen and oxygen atoms in total. The van der Waals surface area contributed by atoms with Crippen LogP contribution in [0.4, 0.5) is 0 Å². The lowest BCUT2D eigenvalue weighted by Crippen LogP contribution is -2.52. The molecular formula is C12H23N3O. The van der Waals surface area contributed by atoms with Gasteiger partial charge in [-0.25, -0.2) is 5.01 Å². The highest BCUT2D eigenvalue weighted by molar-refractivity contribution is 5.82. The first kappa shape index (κ1) is 13.2. The van der Waals surface area contributed by atoms with Crippen LogP contribution < -0.4 is 0 Å². The van der Waals surface area contributed by atoms with Gasteiger partial charge in [0.2, 0.25) is 5.91 Å². The highest BCUT2D eigenvalue weighted by Crippen LogP contribution is 2.22. The lowest BCUT2D eigenvalue weighted by atomic mass is 10.1. The zero-order chi connectivity index (χ0) is 12.3. The fourth-order valence-corrected chi connectivity index (χ4v) is 2.34. The summed E-state index contributed by atoms with van der Waals surface area (Å²) >= 11 is 0. The van der Waals surface area contributed by atoms with E-state index in [1.807, 2.05) is 31.2 Å². The Kier molecular flexibility index (Phi) is 4.50. The highest BCUT2D eigenvalue weighted by Gasteiger charge is 2.34. The molecule has 16 heavy (non-hydrogen) atoms. The zero-order valence-electron chi connectivity index (χ0n) is 10.8. The minimum Gasteiger partial charge on any atom is -0.293 e. The van der Waals surface area contributed by atoms with Crippen molar-refractivity contribution >= 4 is 5.91 Å². The number of hydrazine groups is 1. The van der Waals surface area contributed by atoms with E-state index in [4.69, 9.17) is 0 Å². The van der Waals surface area contributed by atoms with Crippen LogP contribution in [0.1, 0.15) is 19.8 Å². The molecule has 1 fully saturated rings. The summed E-state index contributed by atoms with van der Waals surface area (Å²) in [5, 5.41) is 3.90. The Morgan fingerprint density at radius 3 is 2.56 bits per heavy atom. The van der Waals surface area contributed by atoms with E-state index < -0.39 is 0 Å². The average Bonchev–Trinajstić information content (AvgIpc) is 2.59. The number of carbonyl (C=O) groups is 1. The summed E-state index contributed by atoms with van der Waals surface area (Å²) in [6, 6.07) is 0. The average molecular weight is 225 g/mol. The molecule has 2 unspecified atom stereocenters. The molecule has 1 amide bonds. The third kappa shape index (κ3) is 2.44. The molecular weight excluding hydrogens is 202 g/mol. The quantitative estimate of drug-likeness (QED) is 0.519. The van der Waals surface area contributed by atoms with Gasteiger partial charge < -0.3 is 0 Å². The number of nitrogens with zero attached hydrogens (tertiary/aromatic N) is 3. The van der Waals surface area contributed by atoms with Crippen LogP contribution in [0.3, 0.4) is 0 Å². The van der Waals surface area contributed by atoms with E-state index >= 15 is 0 Å². The Morgan fingerprint density at radius 1 is 1.56 bits per heavy atom. The van der Waals surface area contributed by atoms with Gasteiger partial charge in [-0.3, -0.25) is 14.7 Å². The Balaban J connectivity index is 2.71. The monoisotopic (exact) mass is 225 g/mol. The molecule has 92 valence electrons. The maximum absolute atomic E-state index is 12.0. The van der Waals surface area contributed by atoms with Crippen molar-refractivity contribution in [2.75, 3.05) is 27.7 Å². The molecule has 2 atom stereocenters. The van der Waals surface area contributed by atoms with Gasteiger partial charge in [0.15, 0.2) is 0 Å². The van der Waals surface area contributed by atoms with E-state index in [2.05, 4.69) is 18.4 Å². The van der Waals surface area contributed by atoms with Crippen molar-refractivity contribution in [3.63, 3.8) is 0 Å². The van der Waals surface area contributed by atoms with E-state index in [9.17, 15) is 4.79 Å². The minimum absolute atomic E-state index is 0.00196. The lowest BCUT2D eigenvalue weighted by Gasteiger charge is -2.38. The summed E-state index contributed by atoms with van der Waals surface area (Å²) in [4.78, 5) is 14.1. The van der Waals surface area contributed by atoms with Crippen LogP contribution in [-0.2, 0) is 4.79 Å². The molecule has 0 radical (unpaired) electrons. The van der Waals surface area contributed by atoms with Crippen molar-refractivity contribution in [1.82, 2.24) is 14.9 Å². The second-order valence-corrected chi connectivity index (χ2v) is 4.52. The van der Waals surface area contributed by atoms with Gasteiger partial charge in [0.05, 0.1) is 12.1 Å². The summed E-state index contributed by atoms with van der Waals surface area (Å²) in [5.41, 5.74) is 0. The third-order valence-electron chi connectivity index (χ3n) is 3.28. The number of amides is 1. The molecule has 4 heteroatoms. The Morgan fingerprint density at radius 2 is 2.19 bits per heavy atom. The first-order chi connectivity index (χ1) is 7.52. The second-order valence-electron chi connectivity index (χ2n) is 4.52. The zero-order valence-corrected chi connectivity index (χ0v) is 10.8. The first-order valence-corrected chi connectivity index (χ1v) is 5.86. The Bertz CT molecular complexity index is 265. The van der Waals surface area contributed by atoms with E-state index in [0.29, 0.717) is 0 Å². The lowest BCUT2D eigenvalue weighted by molar-refractivity contribution is -0.152. The molecule has 0 spiro atoms. The SMILES string of the molecule is C=CC1CCN(N(C)C(CC)N(C)C)C1=O. The fraction of sp³-hybridized carbons (Fsp3) is 0.750. The highest BCUT2D eigenvalue weighted by atomic mass is 16.2. The smallest absolute Gasteiger partial charge is 0.243 e. The summed E-state index contributed by atoms with van der Waals surface area (Å²) in [5.74, 6) is 0.180. The van der Waals surface area contributed by atoms with Crippen LogP contribution in [0.15, 0.2) is 12.7 Å². The van der Waals surface area contributed by atoms with Gasteiger partial charge in [0, 0.05) is 13.6 Å². The predicted molar refractivity (Wildman–Crippen MR) is 65.5 cm³/mol. The van der Waals surface area contributed by atoms with Crippen molar-refractivity contribution in [2.45, 2.75) is 25.9 Å². The summed E-state index contributed by atoms with van der Waals surface area (Å²) in [6.07, 6.45) is 3.91. The number of carbonyl (C=O) groups excluding carboxylic acids is 1. The molecule has 0 aromatic rings. The minimum atomic E-state index is 0.00196. The summed E-state index contributed by atoms with van der Waals surface area (Å²) in [6.45, 7) is 6.64. The molecule has 1 rings (SSSR count). The number of hydrogen-bond acceptors (Lipinski definition) is 3. The van der Waals surface area contributed by atoms with Crippen LogP contribution in [0, 0.1) is 5.92 Å². The maximum atomic E-state index is 12.0. The first-order valence-electron chi connectivity index (χ1n) is 5.86. The molecule has 0 saturated carbocycles. The van der Waals surface area contributed by atoms with Crippen LogP contribution in [0.25, 0.3) is 0 Å². The van der Waals surface area contributed by atoms with Crippen molar-refractivity contribution in [3.8, 4) is 0 Å². The van der Waals surface area contributed by atoms with E-state index in [-0.39, 0.29) is 18.0 Å². The van der Waals surface area contributed by atoms with Gasteiger partial charge in [-0.1, -0.05) is 13.0 Å². The van der Waals surface area contributed by atoms with Crippen molar-refractivity contribution in [1.29, 1.82) is 0 Å².